The van der Waals surface area contributed by atoms with Crippen LogP contribution in [0.1, 0.15) is 13.3 Å². The molecule has 72 valence electrons. The van der Waals surface area contributed by atoms with Crippen LogP contribution in [0.4, 0.5) is 0 Å². The Hall–Kier alpha value is -0.600. The van der Waals surface area contributed by atoms with Gasteiger partial charge in [-0.3, -0.25) is 0 Å². The molecule has 0 aromatic rings. The van der Waals surface area contributed by atoms with Crippen molar-refractivity contribution in [3.05, 3.63) is 24.3 Å². The van der Waals surface area contributed by atoms with Gasteiger partial charge in [-0.2, -0.15) is 0 Å². The summed E-state index contributed by atoms with van der Waals surface area (Å²) in [6.07, 6.45) is 10.2. The normalized spacial score (nSPS) is 39.3. The van der Waals surface area contributed by atoms with Gasteiger partial charge in [0, 0.05) is 18.5 Å². The van der Waals surface area contributed by atoms with Crippen LogP contribution >= 0.6 is 0 Å². The van der Waals surface area contributed by atoms with E-state index in [0.717, 1.165) is 19.6 Å². The first-order chi connectivity index (χ1) is 6.36. The van der Waals surface area contributed by atoms with E-state index in [1.807, 2.05) is 0 Å². The Morgan fingerprint density at radius 3 is 2.92 bits per heavy atom. The molecule has 3 atom stereocenters. The van der Waals surface area contributed by atoms with Crippen LogP contribution in [0.5, 0.6) is 0 Å². The predicted octanol–water partition coefficient (Wildman–Crippen LogP) is 1.50. The van der Waals surface area contributed by atoms with Gasteiger partial charge < -0.3 is 10.1 Å². The van der Waals surface area contributed by atoms with Crippen LogP contribution < -0.4 is 5.32 Å². The lowest BCUT2D eigenvalue weighted by atomic mass is 9.94. The summed E-state index contributed by atoms with van der Waals surface area (Å²) in [6.45, 7) is 4.00. The van der Waals surface area contributed by atoms with Crippen molar-refractivity contribution < 1.29 is 4.74 Å². The molecule has 0 aromatic carbocycles. The van der Waals surface area contributed by atoms with Gasteiger partial charge in [-0.05, 0) is 13.3 Å². The van der Waals surface area contributed by atoms with E-state index in [1.165, 1.54) is 0 Å². The second-order valence-electron chi connectivity index (χ2n) is 3.89. The number of ether oxygens (including phenoxy) is 1. The Labute approximate surface area is 79.7 Å². The highest BCUT2D eigenvalue weighted by Crippen LogP contribution is 2.20. The van der Waals surface area contributed by atoms with Crippen molar-refractivity contribution in [3.63, 3.8) is 0 Å². The summed E-state index contributed by atoms with van der Waals surface area (Å²) in [5.74, 6) is 0.574. The third kappa shape index (κ3) is 2.20. The van der Waals surface area contributed by atoms with E-state index >= 15 is 0 Å². The molecule has 1 aliphatic heterocycles. The molecule has 1 unspecified atom stereocenters. The van der Waals surface area contributed by atoms with E-state index in [1.54, 1.807) is 0 Å². The fraction of sp³-hybridized carbons (Fsp3) is 0.636. The number of rotatable bonds is 1. The molecule has 0 bridgehead atoms. The zero-order valence-electron chi connectivity index (χ0n) is 8.07. The van der Waals surface area contributed by atoms with Crippen LogP contribution in [0.25, 0.3) is 0 Å². The maximum atomic E-state index is 5.78. The molecule has 1 heterocycles. The summed E-state index contributed by atoms with van der Waals surface area (Å²) in [5.41, 5.74) is 0. The third-order valence-corrected chi connectivity index (χ3v) is 2.72. The molecule has 1 aliphatic carbocycles. The minimum Gasteiger partial charge on any atom is -0.375 e. The van der Waals surface area contributed by atoms with Crippen LogP contribution in [-0.4, -0.2) is 25.3 Å². The number of allylic oxidation sites excluding steroid dienone is 3. The largest absolute Gasteiger partial charge is 0.375 e. The molecular weight excluding hydrogens is 162 g/mol. The quantitative estimate of drug-likeness (QED) is 0.658. The Morgan fingerprint density at radius 1 is 1.38 bits per heavy atom. The number of hydrogen-bond donors (Lipinski definition) is 1. The first kappa shape index (κ1) is 8.97. The lowest BCUT2D eigenvalue weighted by molar-refractivity contribution is -0.0145. The minimum absolute atomic E-state index is 0.373. The van der Waals surface area contributed by atoms with E-state index in [2.05, 4.69) is 36.5 Å². The van der Waals surface area contributed by atoms with Crippen LogP contribution in [-0.2, 0) is 4.74 Å². The minimum atomic E-state index is 0.373. The molecule has 2 nitrogen and oxygen atoms in total. The van der Waals surface area contributed by atoms with Gasteiger partial charge in [-0.15, -0.1) is 0 Å². The van der Waals surface area contributed by atoms with Crippen LogP contribution in [0, 0.1) is 5.92 Å². The number of hydrogen-bond acceptors (Lipinski definition) is 2. The van der Waals surface area contributed by atoms with Crippen LogP contribution in [0.15, 0.2) is 24.3 Å². The van der Waals surface area contributed by atoms with E-state index in [0.29, 0.717) is 18.1 Å². The van der Waals surface area contributed by atoms with Gasteiger partial charge >= 0.3 is 0 Å². The van der Waals surface area contributed by atoms with Gasteiger partial charge in [-0.1, -0.05) is 24.3 Å². The Balaban J connectivity index is 1.87. The SMILES string of the molecule is C[C@H]1CO[C@@H](C2C=CC=CC2)CN1. The van der Waals surface area contributed by atoms with Crippen LogP contribution in [0.2, 0.25) is 0 Å². The van der Waals surface area contributed by atoms with Crippen molar-refractivity contribution in [3.8, 4) is 0 Å². The van der Waals surface area contributed by atoms with Gasteiger partial charge in [0.05, 0.1) is 12.7 Å². The Morgan fingerprint density at radius 2 is 2.31 bits per heavy atom. The second kappa shape index (κ2) is 4.07. The zero-order chi connectivity index (χ0) is 9.10. The average Bonchev–Trinajstić information content (AvgIpc) is 2.20. The fourth-order valence-corrected chi connectivity index (χ4v) is 1.85. The molecule has 2 rings (SSSR count). The highest BCUT2D eigenvalue weighted by molar-refractivity contribution is 5.12. The van der Waals surface area contributed by atoms with Gasteiger partial charge in [0.15, 0.2) is 0 Å². The molecule has 0 saturated carbocycles. The summed E-state index contributed by atoms with van der Waals surface area (Å²) in [5, 5.41) is 3.45. The molecule has 1 N–H and O–H groups in total. The molecule has 1 saturated heterocycles. The number of morpholine rings is 1. The smallest absolute Gasteiger partial charge is 0.0765 e. The van der Waals surface area contributed by atoms with Crippen molar-refractivity contribution in [2.75, 3.05) is 13.2 Å². The van der Waals surface area contributed by atoms with Crippen molar-refractivity contribution in [1.82, 2.24) is 5.32 Å². The van der Waals surface area contributed by atoms with Crippen LogP contribution in [0.3, 0.4) is 0 Å². The predicted molar refractivity (Wildman–Crippen MR) is 53.6 cm³/mol. The van der Waals surface area contributed by atoms with Gasteiger partial charge in [-0.25, -0.2) is 0 Å². The maximum absolute atomic E-state index is 5.78. The van der Waals surface area contributed by atoms with Crippen molar-refractivity contribution in [2.24, 2.45) is 5.92 Å². The summed E-state index contributed by atoms with van der Waals surface area (Å²) in [6, 6.07) is 0.513. The molecule has 0 spiro atoms. The Bertz CT molecular complexity index is 214. The number of nitrogens with one attached hydrogen (secondary N) is 1. The molecule has 0 aromatic heterocycles. The molecule has 0 radical (unpaired) electrons. The molecule has 13 heavy (non-hydrogen) atoms. The molecule has 1 fully saturated rings. The van der Waals surface area contributed by atoms with E-state index in [4.69, 9.17) is 4.74 Å². The highest BCUT2D eigenvalue weighted by Gasteiger charge is 2.24. The first-order valence-corrected chi connectivity index (χ1v) is 5.04. The Kier molecular flexibility index (Phi) is 2.81. The zero-order valence-corrected chi connectivity index (χ0v) is 8.07. The average molecular weight is 179 g/mol. The maximum Gasteiger partial charge on any atom is 0.0765 e. The molecule has 0 amide bonds. The standard InChI is InChI=1S/C11H17NO/c1-9-8-13-11(7-12-9)10-5-3-2-4-6-10/h2-5,9-12H,6-8H2,1H3/t9-,10?,11+/m0/s1. The summed E-state index contributed by atoms with van der Waals surface area (Å²) >= 11 is 0. The summed E-state index contributed by atoms with van der Waals surface area (Å²) in [4.78, 5) is 0. The van der Waals surface area contributed by atoms with E-state index < -0.39 is 0 Å². The van der Waals surface area contributed by atoms with Gasteiger partial charge in [0.2, 0.25) is 0 Å². The van der Waals surface area contributed by atoms with Gasteiger partial charge in [0.1, 0.15) is 0 Å². The molecule has 2 aliphatic rings. The lowest BCUT2D eigenvalue weighted by Gasteiger charge is -2.32. The fourth-order valence-electron chi connectivity index (χ4n) is 1.85. The van der Waals surface area contributed by atoms with E-state index in [9.17, 15) is 0 Å². The lowest BCUT2D eigenvalue weighted by Crippen LogP contribution is -2.47. The molecule has 2 heteroatoms. The summed E-state index contributed by atoms with van der Waals surface area (Å²) in [7, 11) is 0. The van der Waals surface area contributed by atoms with Crippen molar-refractivity contribution in [1.29, 1.82) is 0 Å². The first-order valence-electron chi connectivity index (χ1n) is 5.04. The summed E-state index contributed by atoms with van der Waals surface area (Å²) < 4.78 is 5.78. The van der Waals surface area contributed by atoms with Crippen molar-refractivity contribution in [2.45, 2.75) is 25.5 Å². The topological polar surface area (TPSA) is 21.3 Å². The monoisotopic (exact) mass is 179 g/mol. The van der Waals surface area contributed by atoms with E-state index in [-0.39, 0.29) is 0 Å². The second-order valence-corrected chi connectivity index (χ2v) is 3.89. The highest BCUT2D eigenvalue weighted by atomic mass is 16.5. The van der Waals surface area contributed by atoms with Crippen molar-refractivity contribution >= 4 is 0 Å². The van der Waals surface area contributed by atoms with Gasteiger partial charge in [0.25, 0.3) is 0 Å². The molecular formula is C11H17NO. The third-order valence-electron chi connectivity index (χ3n) is 2.72.